The maximum atomic E-state index is 4.84. The van der Waals surface area contributed by atoms with Crippen molar-refractivity contribution in [2.45, 2.75) is 0 Å². The third-order valence-electron chi connectivity index (χ3n) is 0.916. The quantitative estimate of drug-likeness (QED) is 0.394. The Morgan fingerprint density at radius 2 is 2.50 bits per heavy atom. The van der Waals surface area contributed by atoms with Gasteiger partial charge in [-0.1, -0.05) is 6.08 Å². The van der Waals surface area contributed by atoms with Gasteiger partial charge in [-0.2, -0.15) is 0 Å². The molecule has 1 heterocycles. The molecule has 0 saturated carbocycles. The van der Waals surface area contributed by atoms with E-state index in [4.69, 9.17) is 4.74 Å². The molecule has 1 heteroatoms. The minimum absolute atomic E-state index is 1.05. The maximum absolute atomic E-state index is 4.84. The van der Waals surface area contributed by atoms with Gasteiger partial charge in [-0.15, -0.1) is 0 Å². The first-order valence-corrected chi connectivity index (χ1v) is 1.90. The van der Waals surface area contributed by atoms with Crippen molar-refractivity contribution in [3.8, 4) is 0 Å². The van der Waals surface area contributed by atoms with E-state index in [9.17, 15) is 0 Å². The fourth-order valence-electron chi connectivity index (χ4n) is 0.548. The first kappa shape index (κ1) is 2.45. The van der Waals surface area contributed by atoms with Gasteiger partial charge in [-0.25, -0.2) is 0 Å². The predicted molar refractivity (Wildman–Crippen MR) is 21.6 cm³/mol. The smallest absolute Gasteiger partial charge is 0.234 e. The zero-order chi connectivity index (χ0) is 3.98. The zero-order valence-electron chi connectivity index (χ0n) is 3.14. The molecule has 0 amide bonds. The van der Waals surface area contributed by atoms with Crippen LogP contribution in [0, 0.1) is 6.10 Å². The molecule has 0 aromatic rings. The van der Waals surface area contributed by atoms with Crippen molar-refractivity contribution in [2.75, 3.05) is 0 Å². The summed E-state index contributed by atoms with van der Waals surface area (Å²) in [5.74, 6) is 1.05. The molecule has 0 atom stereocenters. The summed E-state index contributed by atoms with van der Waals surface area (Å²) in [5, 5.41) is 0. The van der Waals surface area contributed by atoms with Gasteiger partial charge in [0.1, 0.15) is 0 Å². The SMILES string of the molecule is C1=C[C]2OC2=C1. The Balaban J connectivity index is 2.50. The van der Waals surface area contributed by atoms with Crippen LogP contribution in [-0.2, 0) is 4.74 Å². The predicted octanol–water partition coefficient (Wildman–Crippen LogP) is 1.00. The molecule has 0 N–H and O–H groups in total. The van der Waals surface area contributed by atoms with Crippen molar-refractivity contribution in [3.63, 3.8) is 0 Å². The highest BCUT2D eigenvalue weighted by Crippen LogP contribution is 2.40. The van der Waals surface area contributed by atoms with Gasteiger partial charge in [0, 0.05) is 0 Å². The number of hydrogen-bond donors (Lipinski definition) is 0. The van der Waals surface area contributed by atoms with Gasteiger partial charge in [-0.3, -0.25) is 0 Å². The van der Waals surface area contributed by atoms with Crippen molar-refractivity contribution < 1.29 is 4.74 Å². The average molecular weight is 79.1 g/mol. The van der Waals surface area contributed by atoms with Crippen LogP contribution in [0.2, 0.25) is 0 Å². The first-order chi connectivity index (χ1) is 2.97. The molecular weight excluding hydrogens is 76.1 g/mol. The maximum Gasteiger partial charge on any atom is 0.234 e. The highest BCUT2D eigenvalue weighted by Gasteiger charge is 2.34. The second kappa shape index (κ2) is 0.535. The Hall–Kier alpha value is -0.720. The molecule has 1 aliphatic carbocycles. The standard InChI is InChI=1S/C5H3O/c1-2-4-5(3-1)6-4/h1-3H. The Kier molecular flexibility index (Phi) is 0.219. The van der Waals surface area contributed by atoms with E-state index in [2.05, 4.69) is 0 Å². The van der Waals surface area contributed by atoms with Crippen molar-refractivity contribution in [3.05, 3.63) is 30.1 Å². The number of rotatable bonds is 0. The lowest BCUT2D eigenvalue weighted by atomic mass is 10.5. The Morgan fingerprint density at radius 1 is 1.50 bits per heavy atom. The number of ether oxygens (including phenoxy) is 1. The molecule has 0 aromatic carbocycles. The largest absolute Gasteiger partial charge is 0.470 e. The van der Waals surface area contributed by atoms with Crippen molar-refractivity contribution >= 4 is 0 Å². The van der Waals surface area contributed by atoms with Crippen LogP contribution in [0.3, 0.4) is 0 Å². The van der Waals surface area contributed by atoms with Crippen molar-refractivity contribution in [2.24, 2.45) is 0 Å². The van der Waals surface area contributed by atoms with Crippen LogP contribution in [0.1, 0.15) is 0 Å². The Morgan fingerprint density at radius 3 is 2.67 bits per heavy atom. The topological polar surface area (TPSA) is 12.5 Å². The lowest BCUT2D eigenvalue weighted by molar-refractivity contribution is 0.519. The average Bonchev–Trinajstić information content (AvgIpc) is 2.17. The number of epoxide rings is 1. The second-order valence-electron chi connectivity index (χ2n) is 1.36. The molecule has 2 aliphatic rings. The number of hydrogen-bond acceptors (Lipinski definition) is 1. The monoisotopic (exact) mass is 79.0 g/mol. The van der Waals surface area contributed by atoms with Gasteiger partial charge in [0.25, 0.3) is 0 Å². The van der Waals surface area contributed by atoms with E-state index in [0.29, 0.717) is 0 Å². The van der Waals surface area contributed by atoms with Gasteiger partial charge in [-0.05, 0) is 12.2 Å². The van der Waals surface area contributed by atoms with E-state index in [1.165, 1.54) is 0 Å². The van der Waals surface area contributed by atoms with E-state index in [1.54, 1.807) is 0 Å². The second-order valence-corrected chi connectivity index (χ2v) is 1.36. The van der Waals surface area contributed by atoms with Crippen molar-refractivity contribution in [1.29, 1.82) is 0 Å². The molecule has 0 spiro atoms. The van der Waals surface area contributed by atoms with Crippen LogP contribution in [0.4, 0.5) is 0 Å². The summed E-state index contributed by atoms with van der Waals surface area (Å²) < 4.78 is 4.84. The summed E-state index contributed by atoms with van der Waals surface area (Å²) in [5.41, 5.74) is 0. The summed E-state index contributed by atoms with van der Waals surface area (Å²) in [6.45, 7) is 0. The van der Waals surface area contributed by atoms with Crippen LogP contribution >= 0.6 is 0 Å². The molecule has 6 heavy (non-hydrogen) atoms. The summed E-state index contributed by atoms with van der Waals surface area (Å²) in [6, 6.07) is 0. The number of fused-ring (bicyclic) bond motifs is 1. The zero-order valence-corrected chi connectivity index (χ0v) is 3.14. The summed E-state index contributed by atoms with van der Waals surface area (Å²) in [7, 11) is 0. The third kappa shape index (κ3) is 0.134. The third-order valence-corrected chi connectivity index (χ3v) is 0.916. The van der Waals surface area contributed by atoms with Crippen LogP contribution in [0.5, 0.6) is 0 Å². The van der Waals surface area contributed by atoms with Gasteiger partial charge in [0.05, 0.1) is 0 Å². The lowest BCUT2D eigenvalue weighted by Crippen LogP contribution is -1.49. The molecule has 0 unspecified atom stereocenters. The van der Waals surface area contributed by atoms with Crippen LogP contribution in [-0.4, -0.2) is 0 Å². The van der Waals surface area contributed by atoms with E-state index < -0.39 is 0 Å². The minimum Gasteiger partial charge on any atom is -0.470 e. The number of allylic oxidation sites excluding steroid dienone is 2. The fraction of sp³-hybridized carbons (Fsp3) is 0. The van der Waals surface area contributed by atoms with Crippen molar-refractivity contribution in [1.82, 2.24) is 0 Å². The molecular formula is C5H3O. The molecule has 1 nitrogen and oxygen atoms in total. The molecule has 1 radical (unpaired) electrons. The van der Waals surface area contributed by atoms with Gasteiger partial charge in [0.2, 0.25) is 6.10 Å². The van der Waals surface area contributed by atoms with Gasteiger partial charge >= 0.3 is 0 Å². The van der Waals surface area contributed by atoms with Gasteiger partial charge < -0.3 is 4.74 Å². The molecule has 2 rings (SSSR count). The van der Waals surface area contributed by atoms with Crippen LogP contribution in [0.25, 0.3) is 0 Å². The van der Waals surface area contributed by atoms with E-state index in [1.807, 2.05) is 18.2 Å². The Bertz CT molecular complexity index is 133. The normalized spacial score (nSPS) is 25.7. The molecule has 0 aromatic heterocycles. The summed E-state index contributed by atoms with van der Waals surface area (Å²) in [6.07, 6.45) is 6.94. The van der Waals surface area contributed by atoms with Crippen LogP contribution < -0.4 is 0 Å². The highest BCUT2D eigenvalue weighted by molar-refractivity contribution is 5.45. The molecule has 1 fully saturated rings. The first-order valence-electron chi connectivity index (χ1n) is 1.90. The van der Waals surface area contributed by atoms with Crippen LogP contribution in [0.15, 0.2) is 24.0 Å². The van der Waals surface area contributed by atoms with E-state index >= 15 is 0 Å². The van der Waals surface area contributed by atoms with E-state index in [-0.39, 0.29) is 0 Å². The Labute approximate surface area is 35.9 Å². The highest BCUT2D eigenvalue weighted by atomic mass is 16.6. The molecule has 29 valence electrons. The molecule has 0 bridgehead atoms. The lowest BCUT2D eigenvalue weighted by Gasteiger charge is -1.63. The minimum atomic E-state index is 1.05. The summed E-state index contributed by atoms with van der Waals surface area (Å²) >= 11 is 0. The van der Waals surface area contributed by atoms with E-state index in [0.717, 1.165) is 11.9 Å². The molecule has 1 saturated heterocycles. The molecule has 1 aliphatic heterocycles. The fourth-order valence-corrected chi connectivity index (χ4v) is 0.548. The van der Waals surface area contributed by atoms with Gasteiger partial charge in [0.15, 0.2) is 5.76 Å². The summed E-state index contributed by atoms with van der Waals surface area (Å²) in [4.78, 5) is 0.